The van der Waals surface area contributed by atoms with Crippen LogP contribution in [0.1, 0.15) is 0 Å². The summed E-state index contributed by atoms with van der Waals surface area (Å²) < 4.78 is 0.947. The number of hydrogen-bond donors (Lipinski definition) is 0. The number of rotatable bonds is 0. The van der Waals surface area contributed by atoms with E-state index >= 15 is 0 Å². The topological polar surface area (TPSA) is 25.8 Å². The molecule has 0 unspecified atom stereocenters. The molecule has 1 aromatic carbocycles. The first-order valence-electron chi connectivity index (χ1n) is 4.67. The Kier molecular flexibility index (Phi) is 4.05. The van der Waals surface area contributed by atoms with Crippen LogP contribution in [0.2, 0.25) is 0 Å². The van der Waals surface area contributed by atoms with Gasteiger partial charge in [0.1, 0.15) is 0 Å². The van der Waals surface area contributed by atoms with E-state index in [1.807, 2.05) is 41.8 Å². The zero-order valence-electron chi connectivity index (χ0n) is 8.30. The predicted molar refractivity (Wildman–Crippen MR) is 63.5 cm³/mol. The minimum Gasteiger partial charge on any atom is -0.253 e. The maximum Gasteiger partial charge on any atom is 0.0886 e. The molecule has 0 aliphatic heterocycles. The van der Waals surface area contributed by atoms with Crippen molar-refractivity contribution in [1.29, 1.82) is 0 Å². The fourth-order valence-electron chi connectivity index (χ4n) is 1.16. The van der Waals surface area contributed by atoms with Crippen molar-refractivity contribution < 1.29 is 16.0 Å². The van der Waals surface area contributed by atoms with Crippen LogP contribution in [0.3, 0.4) is 0 Å². The van der Waals surface area contributed by atoms with Crippen molar-refractivity contribution in [1.82, 2.24) is 9.97 Å². The summed E-state index contributed by atoms with van der Waals surface area (Å²) in [6.07, 6.45) is 3.39. The van der Waals surface area contributed by atoms with Crippen molar-refractivity contribution in [2.75, 3.05) is 0 Å². The molecule has 16 heavy (non-hydrogen) atoms. The largest absolute Gasteiger partial charge is 0.253 e. The van der Waals surface area contributed by atoms with Crippen molar-refractivity contribution >= 4 is 26.1 Å². The number of thiophene rings is 1. The summed E-state index contributed by atoms with van der Waals surface area (Å²) in [5.74, 6) is 0. The van der Waals surface area contributed by atoms with Gasteiger partial charge in [0.15, 0.2) is 0 Å². The molecule has 0 fully saturated rings. The Bertz CT molecular complexity index is 486. The molecule has 0 radical (unpaired) electrons. The summed E-state index contributed by atoms with van der Waals surface area (Å²) >= 11 is 6.48. The van der Waals surface area contributed by atoms with Gasteiger partial charge in [-0.2, -0.15) is 0 Å². The standard InChI is InChI=1S/C8H6N2.C4H3S.Cu/c1-2-4-8-7(3-1)9-5-6-10-8;1-2-4-5-3-1;/h1-6H;1-3H;. The summed E-state index contributed by atoms with van der Waals surface area (Å²) in [5, 5.41) is 1.97. The van der Waals surface area contributed by atoms with Crippen LogP contribution >= 0.6 is 11.3 Å². The van der Waals surface area contributed by atoms with E-state index in [4.69, 9.17) is 16.0 Å². The number of para-hydroxylation sites is 2. The second-order valence-electron chi connectivity index (χ2n) is 2.92. The van der Waals surface area contributed by atoms with Gasteiger partial charge in [0.25, 0.3) is 0 Å². The van der Waals surface area contributed by atoms with Gasteiger partial charge < -0.3 is 0 Å². The number of nitrogens with zero attached hydrogens (tertiary/aromatic N) is 2. The van der Waals surface area contributed by atoms with E-state index in [1.165, 1.54) is 0 Å². The summed E-state index contributed by atoms with van der Waals surface area (Å²) in [4.78, 5) is 8.24. The van der Waals surface area contributed by atoms with Crippen LogP contribution in [0.25, 0.3) is 11.0 Å². The van der Waals surface area contributed by atoms with Gasteiger partial charge in [-0.1, -0.05) is 12.1 Å². The zero-order chi connectivity index (χ0) is 11.2. The van der Waals surface area contributed by atoms with Crippen LogP contribution in [0, 0.1) is 0 Å². The van der Waals surface area contributed by atoms with Gasteiger partial charge in [-0.05, 0) is 12.1 Å². The number of aromatic nitrogens is 2. The molecule has 2 heterocycles. The fraction of sp³-hybridized carbons (Fsp3) is 0. The smallest absolute Gasteiger partial charge is 0.0886 e. The first kappa shape index (κ1) is 11.3. The Balaban J connectivity index is 0.000000138. The monoisotopic (exact) mass is 276 g/mol. The summed E-state index contributed by atoms with van der Waals surface area (Å²) in [7, 11) is 0. The maximum absolute atomic E-state index is 4.90. The summed E-state index contributed by atoms with van der Waals surface area (Å²) in [6, 6.07) is 11.7. The van der Waals surface area contributed by atoms with E-state index < -0.39 is 0 Å². The molecule has 84 valence electrons. The molecule has 0 saturated heterocycles. The molecular weight excluding hydrogens is 268 g/mol. The van der Waals surface area contributed by atoms with Crippen molar-refractivity contribution in [3.8, 4) is 0 Å². The normalized spacial score (nSPS) is 9.62. The number of benzene rings is 1. The van der Waals surface area contributed by atoms with Gasteiger partial charge in [-0.25, -0.2) is 0 Å². The van der Waals surface area contributed by atoms with Crippen molar-refractivity contribution in [3.05, 3.63) is 54.2 Å². The molecule has 0 atom stereocenters. The number of fused-ring (bicyclic) bond motifs is 1. The quantitative estimate of drug-likeness (QED) is 0.590. The third kappa shape index (κ3) is 3.14. The molecule has 4 heteroatoms. The molecule has 0 aliphatic rings. The third-order valence-corrected chi connectivity index (χ3v) is 2.97. The molecule has 0 bridgehead atoms. The van der Waals surface area contributed by atoms with E-state index in [0.29, 0.717) is 0 Å². The van der Waals surface area contributed by atoms with Crippen LogP contribution < -0.4 is 3.78 Å². The van der Waals surface area contributed by atoms with E-state index in [0.717, 1.165) is 14.8 Å². The van der Waals surface area contributed by atoms with Crippen LogP contribution in [-0.2, 0) is 16.0 Å². The van der Waals surface area contributed by atoms with Crippen molar-refractivity contribution in [2.45, 2.75) is 0 Å². The molecule has 0 saturated carbocycles. The minimum atomic E-state index is 0.947. The zero-order valence-corrected chi connectivity index (χ0v) is 10.1. The second-order valence-corrected chi connectivity index (χ2v) is 4.64. The van der Waals surface area contributed by atoms with Crippen LogP contribution in [0.5, 0.6) is 0 Å². The van der Waals surface area contributed by atoms with Gasteiger partial charge in [0.05, 0.1) is 11.0 Å². The molecule has 2 nitrogen and oxygen atoms in total. The molecular formula is C12H9CuN2S. The Hall–Kier alpha value is -1.22. The van der Waals surface area contributed by atoms with E-state index in [-0.39, 0.29) is 0 Å². The van der Waals surface area contributed by atoms with Gasteiger partial charge in [-0.15, -0.1) is 0 Å². The summed E-state index contributed by atoms with van der Waals surface area (Å²) in [6.45, 7) is 0. The van der Waals surface area contributed by atoms with Gasteiger partial charge in [0, 0.05) is 12.4 Å². The van der Waals surface area contributed by atoms with E-state index in [2.05, 4.69) is 9.97 Å². The molecule has 0 amide bonds. The molecule has 2 aromatic heterocycles. The average Bonchev–Trinajstić information content (AvgIpc) is 2.81. The van der Waals surface area contributed by atoms with Crippen molar-refractivity contribution in [2.24, 2.45) is 0 Å². The Morgan fingerprint density at radius 2 is 1.50 bits per heavy atom. The number of hydrogen-bond acceptors (Lipinski definition) is 3. The third-order valence-electron chi connectivity index (χ3n) is 1.84. The fourth-order valence-corrected chi connectivity index (χ4v) is 1.87. The molecule has 0 N–H and O–H groups in total. The van der Waals surface area contributed by atoms with Gasteiger partial charge in [0.2, 0.25) is 0 Å². The van der Waals surface area contributed by atoms with Gasteiger partial charge >= 0.3 is 48.6 Å². The Morgan fingerprint density at radius 1 is 0.875 bits per heavy atom. The minimum absolute atomic E-state index is 0.947. The molecule has 3 rings (SSSR count). The second kappa shape index (κ2) is 5.75. The molecule has 0 aliphatic carbocycles. The first-order valence-corrected chi connectivity index (χ1v) is 6.02. The predicted octanol–water partition coefficient (Wildman–Crippen LogP) is 2.55. The van der Waals surface area contributed by atoms with Crippen LogP contribution in [0.4, 0.5) is 0 Å². The van der Waals surface area contributed by atoms with Crippen LogP contribution in [0.15, 0.2) is 54.2 Å². The molecule has 0 spiro atoms. The van der Waals surface area contributed by atoms with Crippen LogP contribution in [-0.4, -0.2) is 9.97 Å². The maximum atomic E-state index is 4.90. The van der Waals surface area contributed by atoms with E-state index in [1.54, 1.807) is 23.7 Å². The van der Waals surface area contributed by atoms with Gasteiger partial charge in [-0.3, -0.25) is 9.97 Å². The summed E-state index contributed by atoms with van der Waals surface area (Å²) in [5.41, 5.74) is 1.90. The average molecular weight is 277 g/mol. The molecule has 3 aromatic rings. The van der Waals surface area contributed by atoms with E-state index in [9.17, 15) is 0 Å². The SMILES string of the molecule is [Cu][c]1cccs1.c1ccc2nccnc2c1. The Morgan fingerprint density at radius 3 is 1.88 bits per heavy atom. The van der Waals surface area contributed by atoms with Crippen molar-refractivity contribution in [3.63, 3.8) is 0 Å². The Labute approximate surface area is 106 Å². The first-order chi connectivity index (χ1) is 7.86.